The number of hydrogen-bond acceptors (Lipinski definition) is 4. The first-order chi connectivity index (χ1) is 8.66. The Labute approximate surface area is 105 Å². The number of piperazine rings is 1. The molecule has 2 amide bonds. The fourth-order valence-electron chi connectivity index (χ4n) is 1.79. The van der Waals surface area contributed by atoms with Gasteiger partial charge in [-0.3, -0.25) is 14.6 Å². The molecule has 0 atom stereocenters. The highest BCUT2D eigenvalue weighted by molar-refractivity contribution is 5.95. The molecule has 2 rings (SSSR count). The summed E-state index contributed by atoms with van der Waals surface area (Å²) in [4.78, 5) is 29.0. The zero-order chi connectivity index (χ0) is 13.0. The van der Waals surface area contributed by atoms with Crippen LogP contribution in [0.1, 0.15) is 5.69 Å². The van der Waals surface area contributed by atoms with Gasteiger partial charge in [-0.15, -0.1) is 0 Å². The van der Waals surface area contributed by atoms with Crippen LogP contribution in [0.2, 0.25) is 0 Å². The van der Waals surface area contributed by atoms with Gasteiger partial charge >= 0.3 is 0 Å². The van der Waals surface area contributed by atoms with Crippen molar-refractivity contribution in [3.8, 4) is 0 Å². The molecule has 1 saturated heterocycles. The largest absolute Gasteiger partial charge is 0.331 e. The lowest BCUT2D eigenvalue weighted by Crippen LogP contribution is -2.50. The standard InChI is InChI=1S/C12H16N4O2/c1-9-10(3-2-4-14-9)15-11(17)8-16-6-5-13-7-12(16)18/h2-4,13H,5-8H2,1H3,(H,15,17). The minimum Gasteiger partial charge on any atom is -0.331 e. The molecular weight excluding hydrogens is 232 g/mol. The number of nitrogens with zero attached hydrogens (tertiary/aromatic N) is 2. The van der Waals surface area contributed by atoms with Gasteiger partial charge in [0, 0.05) is 19.3 Å². The summed E-state index contributed by atoms with van der Waals surface area (Å²) in [6, 6.07) is 3.55. The van der Waals surface area contributed by atoms with Gasteiger partial charge < -0.3 is 15.5 Å². The van der Waals surface area contributed by atoms with Crippen molar-refractivity contribution in [3.05, 3.63) is 24.0 Å². The monoisotopic (exact) mass is 248 g/mol. The molecule has 0 aliphatic carbocycles. The second kappa shape index (κ2) is 5.59. The third kappa shape index (κ3) is 3.04. The van der Waals surface area contributed by atoms with E-state index < -0.39 is 0 Å². The lowest BCUT2D eigenvalue weighted by molar-refractivity contribution is -0.135. The van der Waals surface area contributed by atoms with E-state index in [9.17, 15) is 9.59 Å². The fourth-order valence-corrected chi connectivity index (χ4v) is 1.79. The van der Waals surface area contributed by atoms with Crippen LogP contribution < -0.4 is 10.6 Å². The van der Waals surface area contributed by atoms with Gasteiger partial charge in [0.05, 0.1) is 24.5 Å². The highest BCUT2D eigenvalue weighted by Gasteiger charge is 2.20. The van der Waals surface area contributed by atoms with Crippen molar-refractivity contribution in [2.45, 2.75) is 6.92 Å². The molecular formula is C12H16N4O2. The Morgan fingerprint density at radius 1 is 1.61 bits per heavy atom. The fraction of sp³-hybridized carbons (Fsp3) is 0.417. The van der Waals surface area contributed by atoms with E-state index in [1.54, 1.807) is 23.2 Å². The first-order valence-corrected chi connectivity index (χ1v) is 5.87. The Morgan fingerprint density at radius 3 is 3.17 bits per heavy atom. The molecule has 0 aromatic carbocycles. The van der Waals surface area contributed by atoms with Crippen molar-refractivity contribution < 1.29 is 9.59 Å². The van der Waals surface area contributed by atoms with E-state index in [2.05, 4.69) is 15.6 Å². The molecule has 0 spiro atoms. The van der Waals surface area contributed by atoms with Gasteiger partial charge in [-0.25, -0.2) is 0 Å². The first kappa shape index (κ1) is 12.5. The predicted octanol–water partition coefficient (Wildman–Crippen LogP) is -0.240. The summed E-state index contributed by atoms with van der Waals surface area (Å²) >= 11 is 0. The molecule has 2 N–H and O–H groups in total. The highest BCUT2D eigenvalue weighted by atomic mass is 16.2. The Morgan fingerprint density at radius 2 is 2.44 bits per heavy atom. The molecule has 0 bridgehead atoms. The third-order valence-electron chi connectivity index (χ3n) is 2.80. The van der Waals surface area contributed by atoms with E-state index in [1.807, 2.05) is 6.92 Å². The molecule has 1 fully saturated rings. The molecule has 6 nitrogen and oxygen atoms in total. The molecule has 96 valence electrons. The van der Waals surface area contributed by atoms with Gasteiger partial charge in [0.15, 0.2) is 0 Å². The number of aryl methyl sites for hydroxylation is 1. The maximum atomic E-state index is 11.8. The Hall–Kier alpha value is -1.95. The molecule has 18 heavy (non-hydrogen) atoms. The zero-order valence-electron chi connectivity index (χ0n) is 10.3. The van der Waals surface area contributed by atoms with Crippen LogP contribution in [0.3, 0.4) is 0 Å². The number of hydrogen-bond donors (Lipinski definition) is 2. The Kier molecular flexibility index (Phi) is 3.88. The number of amides is 2. The second-order valence-electron chi connectivity index (χ2n) is 4.18. The van der Waals surface area contributed by atoms with Gasteiger partial charge in [0.1, 0.15) is 0 Å². The van der Waals surface area contributed by atoms with Crippen LogP contribution in [-0.4, -0.2) is 47.9 Å². The molecule has 1 aromatic rings. The minimum atomic E-state index is -0.193. The highest BCUT2D eigenvalue weighted by Crippen LogP contribution is 2.10. The van der Waals surface area contributed by atoms with E-state index in [0.717, 1.165) is 12.2 Å². The van der Waals surface area contributed by atoms with Crippen molar-refractivity contribution in [3.63, 3.8) is 0 Å². The van der Waals surface area contributed by atoms with Crippen molar-refractivity contribution in [2.24, 2.45) is 0 Å². The second-order valence-corrected chi connectivity index (χ2v) is 4.18. The molecule has 0 radical (unpaired) electrons. The summed E-state index contributed by atoms with van der Waals surface area (Å²) < 4.78 is 0. The molecule has 0 saturated carbocycles. The number of rotatable bonds is 3. The third-order valence-corrected chi connectivity index (χ3v) is 2.80. The number of anilines is 1. The molecule has 1 aliphatic rings. The number of carbonyl (C=O) groups excluding carboxylic acids is 2. The van der Waals surface area contributed by atoms with E-state index in [1.165, 1.54) is 0 Å². The summed E-state index contributed by atoms with van der Waals surface area (Å²) in [5, 5.41) is 5.73. The van der Waals surface area contributed by atoms with Crippen molar-refractivity contribution >= 4 is 17.5 Å². The van der Waals surface area contributed by atoms with Crippen molar-refractivity contribution in [1.82, 2.24) is 15.2 Å². The summed E-state index contributed by atoms with van der Waals surface area (Å²) in [6.45, 7) is 3.52. The number of carbonyl (C=O) groups is 2. The molecule has 1 aliphatic heterocycles. The first-order valence-electron chi connectivity index (χ1n) is 5.87. The van der Waals surface area contributed by atoms with Crippen LogP contribution in [-0.2, 0) is 9.59 Å². The predicted molar refractivity (Wildman–Crippen MR) is 67.1 cm³/mol. The van der Waals surface area contributed by atoms with Gasteiger partial charge in [-0.2, -0.15) is 0 Å². The molecule has 0 unspecified atom stereocenters. The summed E-state index contributed by atoms with van der Waals surface area (Å²) in [7, 11) is 0. The van der Waals surface area contributed by atoms with Crippen molar-refractivity contribution in [2.75, 3.05) is 31.5 Å². The van der Waals surface area contributed by atoms with E-state index in [4.69, 9.17) is 0 Å². The molecule has 6 heteroatoms. The SMILES string of the molecule is Cc1ncccc1NC(=O)CN1CCNCC1=O. The summed E-state index contributed by atoms with van der Waals surface area (Å²) in [5.41, 5.74) is 1.45. The van der Waals surface area contributed by atoms with E-state index in [0.29, 0.717) is 18.8 Å². The maximum absolute atomic E-state index is 11.8. The molecule has 1 aromatic heterocycles. The minimum absolute atomic E-state index is 0.0423. The van der Waals surface area contributed by atoms with Crippen LogP contribution in [0.15, 0.2) is 18.3 Å². The Balaban J connectivity index is 1.92. The average Bonchev–Trinajstić information content (AvgIpc) is 2.35. The Bertz CT molecular complexity index is 461. The number of aromatic nitrogens is 1. The normalized spacial score (nSPS) is 15.6. The van der Waals surface area contributed by atoms with Gasteiger partial charge in [-0.05, 0) is 19.1 Å². The number of pyridine rings is 1. The molecule has 2 heterocycles. The lowest BCUT2D eigenvalue weighted by atomic mass is 10.3. The zero-order valence-corrected chi connectivity index (χ0v) is 10.3. The summed E-state index contributed by atoms with van der Waals surface area (Å²) in [6.07, 6.45) is 1.67. The van der Waals surface area contributed by atoms with Crippen LogP contribution in [0, 0.1) is 6.92 Å². The van der Waals surface area contributed by atoms with Crippen LogP contribution >= 0.6 is 0 Å². The lowest BCUT2D eigenvalue weighted by Gasteiger charge is -2.26. The van der Waals surface area contributed by atoms with Gasteiger partial charge in [0.2, 0.25) is 11.8 Å². The van der Waals surface area contributed by atoms with Crippen LogP contribution in [0.4, 0.5) is 5.69 Å². The smallest absolute Gasteiger partial charge is 0.244 e. The van der Waals surface area contributed by atoms with Gasteiger partial charge in [0.25, 0.3) is 0 Å². The quantitative estimate of drug-likeness (QED) is 0.774. The number of nitrogens with one attached hydrogen (secondary N) is 2. The van der Waals surface area contributed by atoms with Crippen LogP contribution in [0.25, 0.3) is 0 Å². The maximum Gasteiger partial charge on any atom is 0.244 e. The summed E-state index contributed by atoms with van der Waals surface area (Å²) in [5.74, 6) is -0.236. The van der Waals surface area contributed by atoms with Gasteiger partial charge in [-0.1, -0.05) is 0 Å². The van der Waals surface area contributed by atoms with E-state index >= 15 is 0 Å². The average molecular weight is 248 g/mol. The topological polar surface area (TPSA) is 74.3 Å². The van der Waals surface area contributed by atoms with Crippen LogP contribution in [0.5, 0.6) is 0 Å². The van der Waals surface area contributed by atoms with Crippen molar-refractivity contribution in [1.29, 1.82) is 0 Å². The van der Waals surface area contributed by atoms with E-state index in [-0.39, 0.29) is 18.4 Å².